The normalized spacial score (nSPS) is 13.5. The topological polar surface area (TPSA) is 16.3 Å². The van der Waals surface area contributed by atoms with Crippen LogP contribution in [0.1, 0.15) is 158 Å². The third kappa shape index (κ3) is 9.73. The lowest BCUT2D eigenvalue weighted by atomic mass is 9.84. The average Bonchev–Trinajstić information content (AvgIpc) is 1.80. The fourth-order valence-corrected chi connectivity index (χ4v) is 12.7. The Bertz CT molecular complexity index is 4300. The first-order valence-electron chi connectivity index (χ1n) is 29.9. The Labute approximate surface area is 499 Å². The van der Waals surface area contributed by atoms with E-state index < -0.39 is 0 Å². The van der Waals surface area contributed by atoms with Crippen molar-refractivity contribution in [1.29, 1.82) is 0 Å². The number of hydrogen-bond donors (Lipinski definition) is 0. The van der Waals surface area contributed by atoms with Crippen molar-refractivity contribution in [1.82, 2.24) is 9.13 Å². The quantitative estimate of drug-likeness (QED) is 0.165. The first-order valence-corrected chi connectivity index (χ1v) is 30.3. The number of fused-ring (bicyclic) bond motifs is 8. The van der Waals surface area contributed by atoms with E-state index in [1.807, 2.05) is 0 Å². The molecule has 3 heterocycles. The molecule has 0 unspecified atom stereocenters. The second-order valence-corrected chi connectivity index (χ2v) is 30.3. The summed E-state index contributed by atoms with van der Waals surface area (Å²) >= 11 is 8.50. The summed E-state index contributed by atoms with van der Waals surface area (Å²) in [6.07, 6.45) is 0. The first-order chi connectivity index (χ1) is 38.9. The van der Waals surface area contributed by atoms with Crippen LogP contribution in [0.3, 0.4) is 0 Å². The van der Waals surface area contributed by atoms with Crippen molar-refractivity contribution < 1.29 is 0 Å². The molecule has 0 aliphatic carbocycles. The number of rotatable bonds is 6. The molecule has 0 spiro atoms. The highest BCUT2D eigenvalue weighted by molar-refractivity contribution is 6.37. The third-order valence-electron chi connectivity index (χ3n) is 17.6. The number of aromatic nitrogens is 2. The van der Waals surface area contributed by atoms with E-state index in [2.05, 4.69) is 319 Å². The predicted molar refractivity (Wildman–Crippen MR) is 361 cm³/mol. The number of anilines is 6. The van der Waals surface area contributed by atoms with E-state index in [4.69, 9.17) is 11.6 Å². The van der Waals surface area contributed by atoms with E-state index >= 15 is 0 Å². The van der Waals surface area contributed by atoms with Gasteiger partial charge in [0.05, 0.1) is 55.5 Å². The molecule has 9 aromatic carbocycles. The first kappa shape index (κ1) is 56.0. The molecule has 83 heavy (non-hydrogen) atoms. The molecule has 5 heteroatoms. The van der Waals surface area contributed by atoms with Crippen LogP contribution in [-0.2, 0) is 32.5 Å². The summed E-state index contributed by atoms with van der Waals surface area (Å²) in [6.45, 7) is 41.7. The number of nitrogens with zero attached hydrogens (tertiary/aromatic N) is 4. The Hall–Kier alpha value is -7.53. The van der Waals surface area contributed by atoms with Crippen molar-refractivity contribution in [2.75, 3.05) is 9.80 Å². The van der Waals surface area contributed by atoms with E-state index in [0.29, 0.717) is 5.02 Å². The van der Waals surface area contributed by atoms with Crippen LogP contribution in [-0.4, -0.2) is 9.13 Å². The minimum Gasteiger partial charge on any atom is -0.309 e. The number of hydrogen-bond acceptors (Lipinski definition) is 2. The summed E-state index contributed by atoms with van der Waals surface area (Å²) in [4.78, 5) is 4.91. The maximum Gasteiger partial charge on any atom is 0.0887 e. The van der Waals surface area contributed by atoms with Gasteiger partial charge in [-0.25, -0.2) is 0 Å². The van der Waals surface area contributed by atoms with Gasteiger partial charge in [0.2, 0.25) is 0 Å². The molecular formula is C78H83ClN4. The lowest BCUT2D eigenvalue weighted by Crippen LogP contribution is -2.23. The number of halogens is 1. The van der Waals surface area contributed by atoms with Gasteiger partial charge in [-0.05, 0) is 180 Å². The van der Waals surface area contributed by atoms with Crippen LogP contribution in [0.5, 0.6) is 0 Å². The summed E-state index contributed by atoms with van der Waals surface area (Å²) in [5.41, 5.74) is 22.5. The number of benzene rings is 9. The summed E-state index contributed by atoms with van der Waals surface area (Å²) < 4.78 is 5.02. The van der Waals surface area contributed by atoms with Crippen LogP contribution >= 0.6 is 11.6 Å². The molecule has 0 bridgehead atoms. The molecule has 0 atom stereocenters. The zero-order valence-electron chi connectivity index (χ0n) is 52.4. The van der Waals surface area contributed by atoms with Crippen LogP contribution in [0, 0.1) is 0 Å². The van der Waals surface area contributed by atoms with Gasteiger partial charge in [-0.1, -0.05) is 209 Å². The smallest absolute Gasteiger partial charge is 0.0887 e. The Kier molecular flexibility index (Phi) is 13.0. The summed E-state index contributed by atoms with van der Waals surface area (Å²) in [5, 5.41) is 5.70. The van der Waals surface area contributed by atoms with Crippen LogP contribution in [0.2, 0.25) is 5.02 Å². The third-order valence-corrected chi connectivity index (χ3v) is 18.0. The van der Waals surface area contributed by atoms with E-state index in [1.54, 1.807) is 0 Å². The van der Waals surface area contributed by atoms with Crippen LogP contribution in [0.25, 0.3) is 66.1 Å². The van der Waals surface area contributed by atoms with Gasteiger partial charge >= 0.3 is 0 Å². The summed E-state index contributed by atoms with van der Waals surface area (Å²) in [7, 11) is 0. The Balaban J connectivity index is 1.15. The summed E-state index contributed by atoms with van der Waals surface area (Å²) in [6, 6.07) is 66.9. The van der Waals surface area contributed by atoms with Gasteiger partial charge in [0.15, 0.2) is 0 Å². The highest BCUT2D eigenvalue weighted by Gasteiger charge is 2.36. The van der Waals surface area contributed by atoms with Crippen molar-refractivity contribution in [2.24, 2.45) is 0 Å². The zero-order valence-corrected chi connectivity index (χ0v) is 53.2. The van der Waals surface area contributed by atoms with Gasteiger partial charge in [-0.15, -0.1) is 0 Å². The molecule has 2 aromatic heterocycles. The molecule has 1 aliphatic rings. The molecule has 0 radical (unpaired) electrons. The largest absolute Gasteiger partial charge is 0.309 e. The standard InChI is InChI=1S/C78H83ClN4/c1-73(2,3)50-29-35-63-59(39-50)60-40-51(74(4,5)6)30-36-64(60)81(63)58-26-22-25-57(47-58)80(56-33-27-49(28-34-56)48-23-20-19-21-24-48)68-44-55(78(16,17)18)45-69(71(68)79)82-66-38-32-53(76(10,11)12)43-67(66)83-65-37-31-52(75(7,8)9)41-61(65)62-42-54(77(13,14)15)46-70(82)72(62)83/h19-47H,1-18H3. The second-order valence-electron chi connectivity index (χ2n) is 29.9. The maximum absolute atomic E-state index is 8.50. The molecule has 0 amide bonds. The van der Waals surface area contributed by atoms with Gasteiger partial charge in [0.25, 0.3) is 0 Å². The minimum atomic E-state index is -0.269. The van der Waals surface area contributed by atoms with Crippen molar-refractivity contribution in [3.63, 3.8) is 0 Å². The van der Waals surface area contributed by atoms with Crippen LogP contribution in [0.4, 0.5) is 34.1 Å². The fraction of sp³-hybridized carbons (Fsp3) is 0.308. The monoisotopic (exact) mass is 1110 g/mol. The predicted octanol–water partition coefficient (Wildman–Crippen LogP) is 23.2. The Morgan fingerprint density at radius 2 is 0.747 bits per heavy atom. The van der Waals surface area contributed by atoms with E-state index in [9.17, 15) is 0 Å². The minimum absolute atomic E-state index is 0.0118. The Morgan fingerprint density at radius 1 is 0.313 bits per heavy atom. The highest BCUT2D eigenvalue weighted by Crippen LogP contribution is 2.56. The van der Waals surface area contributed by atoms with E-state index in [1.165, 1.54) is 82.6 Å². The lowest BCUT2D eigenvalue weighted by molar-refractivity contribution is 0.589. The van der Waals surface area contributed by atoms with Gasteiger partial charge < -0.3 is 18.9 Å². The molecule has 0 fully saturated rings. The molecule has 0 saturated heterocycles. The zero-order chi connectivity index (χ0) is 59.2. The molecule has 12 rings (SSSR count). The van der Waals surface area contributed by atoms with Gasteiger partial charge in [-0.2, -0.15) is 0 Å². The van der Waals surface area contributed by atoms with E-state index in [0.717, 1.165) is 51.1 Å². The average molecular weight is 1110 g/mol. The Morgan fingerprint density at radius 3 is 1.28 bits per heavy atom. The molecule has 0 N–H and O–H groups in total. The molecule has 1 aliphatic heterocycles. The SMILES string of the molecule is CC(C)(C)c1cc(N(c2ccc(-c3ccccc3)cc2)c2cccc(-n3c4ccc(C(C)(C)C)cc4c4cc(C(C)(C)C)ccc43)c2)c(Cl)c(N2c3ccc(C(C)(C)C)cc3-n3c4ccc(C(C)(C)C)cc4c4cc(C(C)(C)C)cc2c43)c1. The molecular weight excluding hydrogens is 1030 g/mol. The molecule has 0 saturated carbocycles. The summed E-state index contributed by atoms with van der Waals surface area (Å²) in [5.74, 6) is 0. The maximum atomic E-state index is 8.50. The van der Waals surface area contributed by atoms with Crippen molar-refractivity contribution in [3.8, 4) is 22.5 Å². The van der Waals surface area contributed by atoms with Gasteiger partial charge in [0, 0.05) is 38.6 Å². The lowest BCUT2D eigenvalue weighted by Gasteiger charge is -2.38. The van der Waals surface area contributed by atoms with Crippen LogP contribution < -0.4 is 9.80 Å². The second kappa shape index (κ2) is 19.3. The molecule has 4 nitrogen and oxygen atoms in total. The van der Waals surface area contributed by atoms with Gasteiger partial charge in [0.1, 0.15) is 0 Å². The van der Waals surface area contributed by atoms with Crippen molar-refractivity contribution in [2.45, 2.75) is 157 Å². The van der Waals surface area contributed by atoms with Crippen molar-refractivity contribution in [3.05, 3.63) is 214 Å². The fourth-order valence-electron chi connectivity index (χ4n) is 12.4. The molecule has 422 valence electrons. The highest BCUT2D eigenvalue weighted by atomic mass is 35.5. The van der Waals surface area contributed by atoms with Crippen LogP contribution in [0.15, 0.2) is 176 Å². The van der Waals surface area contributed by atoms with Crippen molar-refractivity contribution >= 4 is 89.3 Å². The van der Waals surface area contributed by atoms with Gasteiger partial charge in [-0.3, -0.25) is 0 Å². The van der Waals surface area contributed by atoms with E-state index in [-0.39, 0.29) is 32.5 Å². The molecule has 11 aromatic rings.